The maximum atomic E-state index is 13.2. The molecule has 2 rings (SSSR count). The van der Waals surface area contributed by atoms with E-state index in [-0.39, 0.29) is 18.4 Å². The molecule has 6 heteroatoms. The number of benzene rings is 2. The van der Waals surface area contributed by atoms with Gasteiger partial charge in [0, 0.05) is 12.1 Å². The van der Waals surface area contributed by atoms with Gasteiger partial charge in [0.15, 0.2) is 6.61 Å². The number of alkyl halides is 1. The van der Waals surface area contributed by atoms with Crippen LogP contribution in [0.2, 0.25) is 0 Å². The fourth-order valence-electron chi connectivity index (χ4n) is 2.34. The van der Waals surface area contributed by atoms with Crippen LogP contribution in [0.15, 0.2) is 54.6 Å². The van der Waals surface area contributed by atoms with Crippen LogP contribution < -0.4 is 15.4 Å². The van der Waals surface area contributed by atoms with Gasteiger partial charge in [0.2, 0.25) is 5.91 Å². The van der Waals surface area contributed by atoms with Crippen molar-refractivity contribution < 1.29 is 18.7 Å². The van der Waals surface area contributed by atoms with Crippen molar-refractivity contribution in [3.8, 4) is 5.75 Å². The molecule has 0 fully saturated rings. The summed E-state index contributed by atoms with van der Waals surface area (Å²) in [6.07, 6.45) is 0.825. The van der Waals surface area contributed by atoms with Crippen LogP contribution in [0.5, 0.6) is 5.75 Å². The van der Waals surface area contributed by atoms with E-state index in [1.165, 1.54) is 0 Å². The predicted octanol–water partition coefficient (Wildman–Crippen LogP) is 3.11. The van der Waals surface area contributed by atoms with E-state index in [0.29, 0.717) is 24.3 Å². The van der Waals surface area contributed by atoms with Crippen molar-refractivity contribution in [3.63, 3.8) is 0 Å². The Kier molecular flexibility index (Phi) is 7.61. The number of amides is 2. The summed E-state index contributed by atoms with van der Waals surface area (Å²) in [5.74, 6) is 0.0372. The first-order chi connectivity index (χ1) is 12.6. The molecule has 0 radical (unpaired) electrons. The van der Waals surface area contributed by atoms with Gasteiger partial charge >= 0.3 is 0 Å². The molecule has 0 aliphatic carbocycles. The van der Waals surface area contributed by atoms with Crippen molar-refractivity contribution in [2.24, 2.45) is 0 Å². The Balaban J connectivity index is 1.79. The minimum Gasteiger partial charge on any atom is -0.484 e. The zero-order valence-corrected chi connectivity index (χ0v) is 14.7. The minimum absolute atomic E-state index is 0.0753. The molecule has 0 heterocycles. The Morgan fingerprint density at radius 2 is 1.73 bits per heavy atom. The maximum absolute atomic E-state index is 13.2. The van der Waals surface area contributed by atoms with Gasteiger partial charge in [-0.1, -0.05) is 37.3 Å². The van der Waals surface area contributed by atoms with E-state index in [9.17, 15) is 14.0 Å². The fourth-order valence-corrected chi connectivity index (χ4v) is 2.34. The van der Waals surface area contributed by atoms with E-state index >= 15 is 0 Å². The van der Waals surface area contributed by atoms with Gasteiger partial charge in [0.1, 0.15) is 12.4 Å². The number of carbonyl (C=O) groups is 2. The Morgan fingerprint density at radius 1 is 1.04 bits per heavy atom. The van der Waals surface area contributed by atoms with E-state index in [1.807, 2.05) is 30.3 Å². The highest BCUT2D eigenvalue weighted by atomic mass is 19.1. The molecule has 26 heavy (non-hydrogen) atoms. The summed E-state index contributed by atoms with van der Waals surface area (Å²) in [6.45, 7) is 0.923. The van der Waals surface area contributed by atoms with Crippen molar-refractivity contribution in [3.05, 3.63) is 60.2 Å². The average Bonchev–Trinajstić information content (AvgIpc) is 2.67. The normalized spacial score (nSPS) is 11.5. The standard InChI is InChI=1S/C20H23FN2O3/c1-2-19(24)22-16-8-10-18(11-9-16)26-14-20(25)23-17(13-21)12-15-6-4-3-5-7-15/h3-11,17H,2,12-14H2,1H3,(H,22,24)(H,23,25). The second kappa shape index (κ2) is 10.2. The molecule has 0 spiro atoms. The Hall–Kier alpha value is -2.89. The number of carbonyl (C=O) groups excluding carboxylic acids is 2. The molecule has 1 unspecified atom stereocenters. The minimum atomic E-state index is -0.646. The molecule has 0 aromatic heterocycles. The van der Waals surface area contributed by atoms with Gasteiger partial charge < -0.3 is 15.4 Å². The molecule has 5 nitrogen and oxygen atoms in total. The van der Waals surface area contributed by atoms with E-state index in [4.69, 9.17) is 4.74 Å². The Morgan fingerprint density at radius 3 is 2.35 bits per heavy atom. The molecular formula is C20H23FN2O3. The highest BCUT2D eigenvalue weighted by Gasteiger charge is 2.13. The molecule has 2 amide bonds. The van der Waals surface area contributed by atoms with Crippen LogP contribution in [-0.2, 0) is 16.0 Å². The van der Waals surface area contributed by atoms with Gasteiger partial charge in [-0.05, 0) is 36.2 Å². The molecule has 2 aromatic rings. The molecule has 2 aromatic carbocycles. The monoisotopic (exact) mass is 358 g/mol. The zero-order chi connectivity index (χ0) is 18.8. The van der Waals surface area contributed by atoms with Gasteiger partial charge in [0.05, 0.1) is 6.04 Å². The second-order valence-electron chi connectivity index (χ2n) is 5.82. The summed E-state index contributed by atoms with van der Waals surface area (Å²) in [5.41, 5.74) is 1.62. The maximum Gasteiger partial charge on any atom is 0.258 e. The van der Waals surface area contributed by atoms with Crippen molar-refractivity contribution in [2.45, 2.75) is 25.8 Å². The van der Waals surface area contributed by atoms with E-state index in [1.54, 1.807) is 31.2 Å². The molecular weight excluding hydrogens is 335 g/mol. The van der Waals surface area contributed by atoms with E-state index < -0.39 is 12.7 Å². The first-order valence-electron chi connectivity index (χ1n) is 8.52. The van der Waals surface area contributed by atoms with Crippen molar-refractivity contribution >= 4 is 17.5 Å². The summed E-state index contributed by atoms with van der Waals surface area (Å²) in [4.78, 5) is 23.3. The number of halogens is 1. The lowest BCUT2D eigenvalue weighted by Gasteiger charge is -2.16. The third-order valence-electron chi connectivity index (χ3n) is 3.71. The largest absolute Gasteiger partial charge is 0.484 e. The van der Waals surface area contributed by atoms with E-state index in [2.05, 4.69) is 10.6 Å². The lowest BCUT2D eigenvalue weighted by atomic mass is 10.1. The van der Waals surface area contributed by atoms with Gasteiger partial charge in [-0.25, -0.2) is 4.39 Å². The zero-order valence-electron chi connectivity index (χ0n) is 14.7. The third kappa shape index (κ3) is 6.55. The molecule has 2 N–H and O–H groups in total. The lowest BCUT2D eigenvalue weighted by molar-refractivity contribution is -0.124. The molecule has 0 aliphatic heterocycles. The van der Waals surface area contributed by atoms with Crippen LogP contribution in [0.4, 0.5) is 10.1 Å². The number of ether oxygens (including phenoxy) is 1. The molecule has 0 bridgehead atoms. The lowest BCUT2D eigenvalue weighted by Crippen LogP contribution is -2.40. The number of nitrogens with one attached hydrogen (secondary N) is 2. The summed E-state index contributed by atoms with van der Waals surface area (Å²) in [5, 5.41) is 5.36. The SMILES string of the molecule is CCC(=O)Nc1ccc(OCC(=O)NC(CF)Cc2ccccc2)cc1. The third-order valence-corrected chi connectivity index (χ3v) is 3.71. The predicted molar refractivity (Wildman–Crippen MR) is 98.9 cm³/mol. The summed E-state index contributed by atoms with van der Waals surface area (Å²) in [7, 11) is 0. The molecule has 0 aliphatic rings. The van der Waals surface area contributed by atoms with Crippen LogP contribution >= 0.6 is 0 Å². The average molecular weight is 358 g/mol. The molecule has 0 saturated heterocycles. The summed E-state index contributed by atoms with van der Waals surface area (Å²) < 4.78 is 18.6. The topological polar surface area (TPSA) is 67.4 Å². The first-order valence-corrected chi connectivity index (χ1v) is 8.52. The van der Waals surface area contributed by atoms with Gasteiger partial charge in [-0.2, -0.15) is 0 Å². The van der Waals surface area contributed by atoms with Crippen LogP contribution in [0.25, 0.3) is 0 Å². The van der Waals surface area contributed by atoms with Crippen LogP contribution in [0.3, 0.4) is 0 Å². The van der Waals surface area contributed by atoms with Crippen LogP contribution in [0, 0.1) is 0 Å². The molecule has 1 atom stereocenters. The number of hydrogen-bond acceptors (Lipinski definition) is 3. The first kappa shape index (κ1) is 19.4. The summed E-state index contributed by atoms with van der Waals surface area (Å²) >= 11 is 0. The highest BCUT2D eigenvalue weighted by molar-refractivity contribution is 5.90. The molecule has 0 saturated carbocycles. The second-order valence-corrected chi connectivity index (χ2v) is 5.82. The Labute approximate surface area is 152 Å². The van der Waals surface area contributed by atoms with Crippen molar-refractivity contribution in [2.75, 3.05) is 18.6 Å². The summed E-state index contributed by atoms with van der Waals surface area (Å²) in [6, 6.07) is 15.6. The number of rotatable bonds is 9. The van der Waals surface area contributed by atoms with Gasteiger partial charge in [0.25, 0.3) is 5.91 Å². The quantitative estimate of drug-likeness (QED) is 0.724. The van der Waals surface area contributed by atoms with Gasteiger partial charge in [-0.3, -0.25) is 9.59 Å². The Bertz CT molecular complexity index is 705. The van der Waals surface area contributed by atoms with Crippen molar-refractivity contribution in [1.29, 1.82) is 0 Å². The highest BCUT2D eigenvalue weighted by Crippen LogP contribution is 2.15. The van der Waals surface area contributed by atoms with Crippen LogP contribution in [-0.4, -0.2) is 31.1 Å². The number of anilines is 1. The fraction of sp³-hybridized carbons (Fsp3) is 0.300. The van der Waals surface area contributed by atoms with Crippen LogP contribution in [0.1, 0.15) is 18.9 Å². The van der Waals surface area contributed by atoms with Gasteiger partial charge in [-0.15, -0.1) is 0 Å². The van der Waals surface area contributed by atoms with E-state index in [0.717, 1.165) is 5.56 Å². The van der Waals surface area contributed by atoms with Crippen molar-refractivity contribution in [1.82, 2.24) is 5.32 Å². The molecule has 138 valence electrons. The smallest absolute Gasteiger partial charge is 0.258 e. The number of hydrogen-bond donors (Lipinski definition) is 2.